The SMILES string of the molecule is COc1cc(C(=O)OCC(=O)N2CCC(C)CC2)c([N+](=O)[O-])cc1OC. The van der Waals surface area contributed by atoms with Crippen molar-refractivity contribution in [2.75, 3.05) is 33.9 Å². The van der Waals surface area contributed by atoms with Crippen LogP contribution in [0, 0.1) is 16.0 Å². The number of hydrogen-bond acceptors (Lipinski definition) is 7. The van der Waals surface area contributed by atoms with E-state index in [0.717, 1.165) is 18.9 Å². The first kappa shape index (κ1) is 19.5. The lowest BCUT2D eigenvalue weighted by Gasteiger charge is -2.30. The first-order valence-corrected chi connectivity index (χ1v) is 8.22. The monoisotopic (exact) mass is 366 g/mol. The van der Waals surface area contributed by atoms with Gasteiger partial charge in [0.2, 0.25) is 0 Å². The molecule has 1 aliphatic rings. The van der Waals surface area contributed by atoms with Crippen LogP contribution in [0.25, 0.3) is 0 Å². The summed E-state index contributed by atoms with van der Waals surface area (Å²) in [4.78, 5) is 36.6. The minimum atomic E-state index is -0.962. The zero-order valence-electron chi connectivity index (χ0n) is 15.0. The number of rotatable bonds is 6. The number of ether oxygens (including phenoxy) is 3. The first-order valence-electron chi connectivity index (χ1n) is 8.22. The molecule has 1 aromatic rings. The van der Waals surface area contributed by atoms with Crippen molar-refractivity contribution in [2.24, 2.45) is 5.92 Å². The van der Waals surface area contributed by atoms with E-state index in [1.807, 2.05) is 0 Å². The molecule has 26 heavy (non-hydrogen) atoms. The van der Waals surface area contributed by atoms with Gasteiger partial charge in [0.25, 0.3) is 11.6 Å². The van der Waals surface area contributed by atoms with Crippen LogP contribution in [0.4, 0.5) is 5.69 Å². The fourth-order valence-corrected chi connectivity index (χ4v) is 2.74. The summed E-state index contributed by atoms with van der Waals surface area (Å²) in [5.74, 6) is -0.434. The number of hydrogen-bond donors (Lipinski definition) is 0. The van der Waals surface area contributed by atoms with Crippen LogP contribution < -0.4 is 9.47 Å². The van der Waals surface area contributed by atoms with Gasteiger partial charge in [0, 0.05) is 19.2 Å². The third-order valence-corrected chi connectivity index (χ3v) is 4.38. The number of piperidine rings is 1. The van der Waals surface area contributed by atoms with Gasteiger partial charge in [-0.1, -0.05) is 6.92 Å². The highest BCUT2D eigenvalue weighted by Crippen LogP contribution is 2.34. The van der Waals surface area contributed by atoms with Crippen molar-refractivity contribution in [3.05, 3.63) is 27.8 Å². The maximum Gasteiger partial charge on any atom is 0.345 e. The fraction of sp³-hybridized carbons (Fsp3) is 0.529. The van der Waals surface area contributed by atoms with Crippen molar-refractivity contribution < 1.29 is 28.7 Å². The molecule has 0 bridgehead atoms. The van der Waals surface area contributed by atoms with Crippen LogP contribution in [0.2, 0.25) is 0 Å². The van der Waals surface area contributed by atoms with Crippen LogP contribution in [-0.2, 0) is 9.53 Å². The highest BCUT2D eigenvalue weighted by molar-refractivity contribution is 5.96. The van der Waals surface area contributed by atoms with Gasteiger partial charge in [0.1, 0.15) is 5.56 Å². The molecule has 0 unspecified atom stereocenters. The highest BCUT2D eigenvalue weighted by atomic mass is 16.6. The van der Waals surface area contributed by atoms with Crippen molar-refractivity contribution in [1.82, 2.24) is 4.90 Å². The number of nitro benzene ring substituents is 1. The van der Waals surface area contributed by atoms with Crippen molar-refractivity contribution in [3.8, 4) is 11.5 Å². The van der Waals surface area contributed by atoms with E-state index in [0.29, 0.717) is 19.0 Å². The van der Waals surface area contributed by atoms with Gasteiger partial charge in [-0.25, -0.2) is 4.79 Å². The minimum absolute atomic E-state index is 0.120. The molecular formula is C17H22N2O7. The third kappa shape index (κ3) is 4.41. The van der Waals surface area contributed by atoms with Crippen molar-refractivity contribution in [3.63, 3.8) is 0 Å². The van der Waals surface area contributed by atoms with Crippen LogP contribution in [-0.4, -0.2) is 55.6 Å². The normalized spacial score (nSPS) is 14.7. The summed E-state index contributed by atoms with van der Waals surface area (Å²) in [6.07, 6.45) is 1.81. The Morgan fingerprint density at radius 2 is 1.77 bits per heavy atom. The Morgan fingerprint density at radius 1 is 1.19 bits per heavy atom. The second-order valence-electron chi connectivity index (χ2n) is 6.12. The summed E-state index contributed by atoms with van der Waals surface area (Å²) in [6, 6.07) is 2.26. The number of nitro groups is 1. The number of methoxy groups -OCH3 is 2. The largest absolute Gasteiger partial charge is 0.493 e. The zero-order valence-corrected chi connectivity index (χ0v) is 15.0. The number of carbonyl (C=O) groups excluding carboxylic acids is 2. The van der Waals surface area contributed by atoms with Crippen LogP contribution in [0.5, 0.6) is 11.5 Å². The molecule has 1 heterocycles. The van der Waals surface area contributed by atoms with Crippen LogP contribution in [0.3, 0.4) is 0 Å². The predicted molar refractivity (Wildman–Crippen MR) is 91.5 cm³/mol. The van der Waals surface area contributed by atoms with E-state index in [-0.39, 0.29) is 23.0 Å². The summed E-state index contributed by atoms with van der Waals surface area (Å²) in [5, 5.41) is 11.2. The summed E-state index contributed by atoms with van der Waals surface area (Å²) in [5.41, 5.74) is -0.778. The van der Waals surface area contributed by atoms with Crippen LogP contribution in [0.1, 0.15) is 30.1 Å². The van der Waals surface area contributed by atoms with Gasteiger partial charge in [-0.15, -0.1) is 0 Å². The van der Waals surface area contributed by atoms with Crippen LogP contribution >= 0.6 is 0 Å². The van der Waals surface area contributed by atoms with Gasteiger partial charge in [0.15, 0.2) is 18.1 Å². The van der Waals surface area contributed by atoms with E-state index < -0.39 is 23.2 Å². The average molecular weight is 366 g/mol. The molecule has 1 aliphatic heterocycles. The molecule has 2 rings (SSSR count). The standard InChI is InChI=1S/C17H22N2O7/c1-11-4-6-18(7-5-11)16(20)10-26-17(21)12-8-14(24-2)15(25-3)9-13(12)19(22)23/h8-9,11H,4-7,10H2,1-3H3. The molecule has 9 nitrogen and oxygen atoms in total. The summed E-state index contributed by atoms with van der Waals surface area (Å²) >= 11 is 0. The van der Waals surface area contributed by atoms with Gasteiger partial charge in [-0.05, 0) is 18.8 Å². The molecule has 1 saturated heterocycles. The second-order valence-corrected chi connectivity index (χ2v) is 6.12. The molecule has 0 N–H and O–H groups in total. The Kier molecular flexibility index (Phi) is 6.37. The molecule has 1 fully saturated rings. The Labute approximate surface area is 151 Å². The lowest BCUT2D eigenvalue weighted by atomic mass is 9.99. The smallest absolute Gasteiger partial charge is 0.345 e. The number of benzene rings is 1. The molecule has 0 atom stereocenters. The van der Waals surface area contributed by atoms with Gasteiger partial charge < -0.3 is 19.1 Å². The first-order chi connectivity index (χ1) is 12.4. The van der Waals surface area contributed by atoms with Gasteiger partial charge >= 0.3 is 5.97 Å². The van der Waals surface area contributed by atoms with Crippen molar-refractivity contribution in [1.29, 1.82) is 0 Å². The summed E-state index contributed by atoms with van der Waals surface area (Å²) in [6.45, 7) is 2.90. The van der Waals surface area contributed by atoms with Crippen molar-refractivity contribution >= 4 is 17.6 Å². The maximum absolute atomic E-state index is 12.3. The third-order valence-electron chi connectivity index (χ3n) is 4.38. The number of nitrogens with zero attached hydrogens (tertiary/aromatic N) is 2. The van der Waals surface area contributed by atoms with E-state index in [1.54, 1.807) is 4.90 Å². The summed E-state index contributed by atoms with van der Waals surface area (Å²) < 4.78 is 15.1. The summed E-state index contributed by atoms with van der Waals surface area (Å²) in [7, 11) is 2.68. The molecule has 142 valence electrons. The fourth-order valence-electron chi connectivity index (χ4n) is 2.74. The van der Waals surface area contributed by atoms with E-state index in [9.17, 15) is 19.7 Å². The quantitative estimate of drug-likeness (QED) is 0.430. The molecule has 1 aromatic carbocycles. The van der Waals surface area contributed by atoms with E-state index in [1.165, 1.54) is 20.3 Å². The lowest BCUT2D eigenvalue weighted by Crippen LogP contribution is -2.40. The van der Waals surface area contributed by atoms with Gasteiger partial charge in [-0.2, -0.15) is 0 Å². The topological polar surface area (TPSA) is 108 Å². The maximum atomic E-state index is 12.3. The van der Waals surface area contributed by atoms with Gasteiger partial charge in [0.05, 0.1) is 25.2 Å². The van der Waals surface area contributed by atoms with Crippen molar-refractivity contribution in [2.45, 2.75) is 19.8 Å². The van der Waals surface area contributed by atoms with E-state index in [2.05, 4.69) is 6.92 Å². The number of likely N-dealkylation sites (tertiary alicyclic amines) is 1. The Hall–Kier alpha value is -2.84. The van der Waals surface area contributed by atoms with Gasteiger partial charge in [-0.3, -0.25) is 14.9 Å². The molecule has 0 radical (unpaired) electrons. The average Bonchev–Trinajstić information content (AvgIpc) is 2.65. The highest BCUT2D eigenvalue weighted by Gasteiger charge is 2.27. The lowest BCUT2D eigenvalue weighted by molar-refractivity contribution is -0.385. The molecule has 1 amide bonds. The Morgan fingerprint density at radius 3 is 2.31 bits per heavy atom. The van der Waals surface area contributed by atoms with E-state index in [4.69, 9.17) is 14.2 Å². The molecule has 0 aromatic heterocycles. The number of carbonyl (C=O) groups is 2. The molecule has 9 heteroatoms. The number of esters is 1. The molecular weight excluding hydrogens is 344 g/mol. The van der Waals surface area contributed by atoms with Crippen LogP contribution in [0.15, 0.2) is 12.1 Å². The molecule has 0 aliphatic carbocycles. The zero-order chi connectivity index (χ0) is 19.3. The molecule has 0 saturated carbocycles. The predicted octanol–water partition coefficient (Wildman–Crippen LogP) is 2.03. The Bertz CT molecular complexity index is 697. The Balaban J connectivity index is 2.11. The number of amides is 1. The second kappa shape index (κ2) is 8.50. The van der Waals surface area contributed by atoms with E-state index >= 15 is 0 Å². The minimum Gasteiger partial charge on any atom is -0.493 e. The molecule has 0 spiro atoms.